The smallest absolute Gasteiger partial charge is 0.410 e. The first kappa shape index (κ1) is 20.4. The first-order chi connectivity index (χ1) is 12.7. The van der Waals surface area contributed by atoms with Crippen LogP contribution in [0, 0.1) is 0 Å². The van der Waals surface area contributed by atoms with Gasteiger partial charge in [0.1, 0.15) is 12.2 Å². The van der Waals surface area contributed by atoms with Crippen molar-refractivity contribution in [2.24, 2.45) is 0 Å². The van der Waals surface area contributed by atoms with Crippen molar-refractivity contribution in [3.8, 4) is 5.75 Å². The largest absolute Gasteiger partial charge is 0.489 e. The number of aromatic nitrogens is 2. The van der Waals surface area contributed by atoms with Crippen LogP contribution in [-0.4, -0.2) is 58.1 Å². The lowest BCUT2D eigenvalue weighted by molar-refractivity contribution is 0.00462. The highest BCUT2D eigenvalue weighted by atomic mass is 35.5. The fraction of sp³-hybridized carbons (Fsp3) is 0.722. The zero-order chi connectivity index (χ0) is 19.6. The zero-order valence-electron chi connectivity index (χ0n) is 15.9. The average Bonchev–Trinajstić information content (AvgIpc) is 2.84. The molecule has 3 heterocycles. The number of hydrogen-bond donors (Lipinski definition) is 1. The van der Waals surface area contributed by atoms with E-state index in [-0.39, 0.29) is 28.5 Å². The summed E-state index contributed by atoms with van der Waals surface area (Å²) in [4.78, 5) is 14.4. The van der Waals surface area contributed by atoms with Gasteiger partial charge in [-0.05, 0) is 46.5 Å². The number of ether oxygens (including phenoxy) is 2. The van der Waals surface area contributed by atoms with Gasteiger partial charge in [0.05, 0.1) is 0 Å². The van der Waals surface area contributed by atoms with Gasteiger partial charge in [-0.2, -0.15) is 0 Å². The van der Waals surface area contributed by atoms with Gasteiger partial charge < -0.3 is 19.7 Å². The number of amides is 1. The van der Waals surface area contributed by atoms with E-state index in [1.807, 2.05) is 25.7 Å². The van der Waals surface area contributed by atoms with E-state index in [2.05, 4.69) is 15.5 Å². The van der Waals surface area contributed by atoms with E-state index in [4.69, 9.17) is 32.7 Å². The molecular weight excluding hydrogens is 391 g/mol. The van der Waals surface area contributed by atoms with Crippen LogP contribution in [0.1, 0.15) is 46.5 Å². The molecule has 150 valence electrons. The average molecular weight is 417 g/mol. The van der Waals surface area contributed by atoms with E-state index in [0.717, 1.165) is 25.7 Å². The summed E-state index contributed by atoms with van der Waals surface area (Å²) in [6, 6.07) is 2.40. The number of piperidine rings is 1. The van der Waals surface area contributed by atoms with Gasteiger partial charge in [-0.1, -0.05) is 23.2 Å². The van der Waals surface area contributed by atoms with Crippen LogP contribution in [0.15, 0.2) is 6.07 Å². The molecule has 0 spiro atoms. The molecule has 2 aliphatic rings. The molecule has 3 atom stereocenters. The summed E-state index contributed by atoms with van der Waals surface area (Å²) >= 11 is 11.7. The molecular formula is C18H26Cl2N4O3. The molecule has 2 bridgehead atoms. The Morgan fingerprint density at radius 1 is 1.26 bits per heavy atom. The second-order valence-corrected chi connectivity index (χ2v) is 8.81. The minimum Gasteiger partial charge on any atom is -0.489 e. The van der Waals surface area contributed by atoms with Crippen molar-refractivity contribution >= 4 is 29.3 Å². The Bertz CT molecular complexity index is 669. The van der Waals surface area contributed by atoms with Crippen LogP contribution < -0.4 is 10.1 Å². The van der Waals surface area contributed by atoms with E-state index in [9.17, 15) is 4.79 Å². The third-order valence-electron chi connectivity index (χ3n) is 4.82. The van der Waals surface area contributed by atoms with Crippen LogP contribution in [0.2, 0.25) is 10.3 Å². The predicted molar refractivity (Wildman–Crippen MR) is 103 cm³/mol. The Morgan fingerprint density at radius 3 is 2.56 bits per heavy atom. The third kappa shape index (κ3) is 5.36. The van der Waals surface area contributed by atoms with Crippen molar-refractivity contribution in [2.45, 2.75) is 70.2 Å². The molecule has 1 aromatic rings. The Kier molecular flexibility index (Phi) is 6.33. The standard InChI is InChI=1S/C18H26Cl2N4O3/c1-18(2,3)27-17(25)24-12-4-5-13(24)9-11(8-12)21-6-7-26-14-10-15(19)22-23-16(14)20/h10-13,21H,4-9H2,1-3H3/t11?,12-,13+. The Morgan fingerprint density at radius 2 is 1.93 bits per heavy atom. The summed E-state index contributed by atoms with van der Waals surface area (Å²) in [5.74, 6) is 0.429. The minimum atomic E-state index is -0.463. The number of nitrogens with one attached hydrogen (secondary N) is 1. The van der Waals surface area contributed by atoms with E-state index in [0.29, 0.717) is 24.9 Å². The molecule has 3 rings (SSSR count). The van der Waals surface area contributed by atoms with E-state index in [1.54, 1.807) is 6.07 Å². The zero-order valence-corrected chi connectivity index (χ0v) is 17.4. The first-order valence-electron chi connectivity index (χ1n) is 9.29. The van der Waals surface area contributed by atoms with Crippen LogP contribution in [0.5, 0.6) is 5.75 Å². The van der Waals surface area contributed by atoms with Crippen LogP contribution in [0.3, 0.4) is 0 Å². The number of nitrogens with zero attached hydrogens (tertiary/aromatic N) is 3. The number of fused-ring (bicyclic) bond motifs is 2. The number of carbonyl (C=O) groups is 1. The van der Waals surface area contributed by atoms with Gasteiger partial charge in [-0.3, -0.25) is 0 Å². The normalized spacial score (nSPS) is 24.8. The van der Waals surface area contributed by atoms with E-state index < -0.39 is 5.60 Å². The molecule has 0 saturated carbocycles. The molecule has 0 aromatic carbocycles. The molecule has 1 N–H and O–H groups in total. The maximum absolute atomic E-state index is 12.5. The van der Waals surface area contributed by atoms with Gasteiger partial charge >= 0.3 is 6.09 Å². The minimum absolute atomic E-state index is 0.187. The van der Waals surface area contributed by atoms with Gasteiger partial charge in [0, 0.05) is 30.7 Å². The monoisotopic (exact) mass is 416 g/mol. The molecule has 1 amide bonds. The summed E-state index contributed by atoms with van der Waals surface area (Å²) in [5, 5.41) is 11.3. The van der Waals surface area contributed by atoms with Crippen LogP contribution in [0.25, 0.3) is 0 Å². The van der Waals surface area contributed by atoms with Crippen LogP contribution in [-0.2, 0) is 4.74 Å². The predicted octanol–water partition coefficient (Wildman–Crippen LogP) is 3.68. The SMILES string of the molecule is CC(C)(C)OC(=O)N1[C@@H]2CC[C@H]1CC(NCCOc1cc(Cl)nnc1Cl)C2. The highest BCUT2D eigenvalue weighted by molar-refractivity contribution is 6.32. The van der Waals surface area contributed by atoms with Crippen molar-refractivity contribution in [3.63, 3.8) is 0 Å². The van der Waals surface area contributed by atoms with Gasteiger partial charge in [-0.25, -0.2) is 4.79 Å². The molecule has 2 saturated heterocycles. The first-order valence-corrected chi connectivity index (χ1v) is 10.0. The lowest BCUT2D eigenvalue weighted by atomic mass is 9.98. The Balaban J connectivity index is 1.45. The second-order valence-electron chi connectivity index (χ2n) is 8.07. The number of carbonyl (C=O) groups excluding carboxylic acids is 1. The van der Waals surface area contributed by atoms with E-state index >= 15 is 0 Å². The summed E-state index contributed by atoms with van der Waals surface area (Å²) in [6.45, 7) is 6.83. The van der Waals surface area contributed by atoms with Gasteiger partial charge in [-0.15, -0.1) is 10.2 Å². The topological polar surface area (TPSA) is 76.6 Å². The van der Waals surface area contributed by atoms with Crippen LogP contribution in [0.4, 0.5) is 4.79 Å². The van der Waals surface area contributed by atoms with Gasteiger partial charge in [0.2, 0.25) is 0 Å². The fourth-order valence-electron chi connectivity index (χ4n) is 3.82. The van der Waals surface area contributed by atoms with Gasteiger partial charge in [0.25, 0.3) is 0 Å². The summed E-state index contributed by atoms with van der Waals surface area (Å²) in [5.41, 5.74) is -0.463. The molecule has 2 fully saturated rings. The molecule has 1 unspecified atom stereocenters. The Hall–Kier alpha value is -1.31. The lowest BCUT2D eigenvalue weighted by Gasteiger charge is -2.39. The molecule has 2 aliphatic heterocycles. The molecule has 1 aromatic heterocycles. The van der Waals surface area contributed by atoms with Crippen LogP contribution >= 0.6 is 23.2 Å². The molecule has 27 heavy (non-hydrogen) atoms. The molecule has 7 nitrogen and oxygen atoms in total. The second kappa shape index (κ2) is 8.37. The Labute approximate surface area is 169 Å². The highest BCUT2D eigenvalue weighted by Gasteiger charge is 2.44. The summed E-state index contributed by atoms with van der Waals surface area (Å²) < 4.78 is 11.2. The maximum Gasteiger partial charge on any atom is 0.410 e. The number of rotatable bonds is 5. The van der Waals surface area contributed by atoms with Crippen molar-refractivity contribution in [1.29, 1.82) is 0 Å². The molecule has 0 radical (unpaired) electrons. The summed E-state index contributed by atoms with van der Waals surface area (Å²) in [6.07, 6.45) is 3.75. The molecule has 9 heteroatoms. The number of hydrogen-bond acceptors (Lipinski definition) is 6. The van der Waals surface area contributed by atoms with Crippen molar-refractivity contribution < 1.29 is 14.3 Å². The van der Waals surface area contributed by atoms with Crippen molar-refractivity contribution in [1.82, 2.24) is 20.4 Å². The van der Waals surface area contributed by atoms with Crippen molar-refractivity contribution in [3.05, 3.63) is 16.4 Å². The highest BCUT2D eigenvalue weighted by Crippen LogP contribution is 2.36. The van der Waals surface area contributed by atoms with Gasteiger partial charge in [0.15, 0.2) is 16.1 Å². The third-order valence-corrected chi connectivity index (χ3v) is 5.26. The van der Waals surface area contributed by atoms with E-state index in [1.165, 1.54) is 0 Å². The molecule has 0 aliphatic carbocycles. The fourth-order valence-corrected chi connectivity index (χ4v) is 4.10. The van der Waals surface area contributed by atoms with Crippen molar-refractivity contribution in [2.75, 3.05) is 13.2 Å². The lowest BCUT2D eigenvalue weighted by Crippen LogP contribution is -2.53. The maximum atomic E-state index is 12.5. The summed E-state index contributed by atoms with van der Waals surface area (Å²) in [7, 11) is 0. The quantitative estimate of drug-likeness (QED) is 0.737. The number of halogens is 2.